The molecule has 10 heavy (non-hydrogen) atoms. The molecule has 0 aliphatic rings. The third kappa shape index (κ3) is 4.24. The van der Waals surface area contributed by atoms with Crippen LogP contribution >= 0.6 is 0 Å². The predicted molar refractivity (Wildman–Crippen MR) is 39.1 cm³/mol. The maximum atomic E-state index is 12.1. The summed E-state index contributed by atoms with van der Waals surface area (Å²) in [4.78, 5) is 0. The highest BCUT2D eigenvalue weighted by atomic mass is 19.2. The van der Waals surface area contributed by atoms with Gasteiger partial charge in [0.15, 0.2) is 0 Å². The molecule has 0 spiro atoms. The average Bonchev–Trinajstić information content (AvgIpc) is 1.99. The lowest BCUT2D eigenvalue weighted by atomic mass is 10.1. The van der Waals surface area contributed by atoms with E-state index >= 15 is 0 Å². The van der Waals surface area contributed by atoms with Gasteiger partial charge in [0, 0.05) is 0 Å². The van der Waals surface area contributed by atoms with Gasteiger partial charge < -0.3 is 0 Å². The molecular formula is C8H12F2. The number of alkyl halides is 1. The normalized spacial score (nSPS) is 14.9. The van der Waals surface area contributed by atoms with Crippen LogP contribution in [0, 0.1) is 5.92 Å². The smallest absolute Gasteiger partial charge is 0.141 e. The number of halogens is 2. The van der Waals surface area contributed by atoms with Gasteiger partial charge in [-0.25, -0.2) is 8.78 Å². The molecule has 0 aromatic carbocycles. The molecule has 0 heterocycles. The Morgan fingerprint density at radius 1 is 1.70 bits per heavy atom. The zero-order valence-corrected chi connectivity index (χ0v) is 6.11. The molecule has 0 aromatic rings. The molecule has 0 radical (unpaired) electrons. The summed E-state index contributed by atoms with van der Waals surface area (Å²) in [5.41, 5.74) is 0. The molecule has 58 valence electrons. The van der Waals surface area contributed by atoms with Gasteiger partial charge in [0.05, 0.1) is 0 Å². The first kappa shape index (κ1) is 9.34. The van der Waals surface area contributed by atoms with E-state index in [0.29, 0.717) is 6.42 Å². The quantitative estimate of drug-likeness (QED) is 0.535. The monoisotopic (exact) mass is 146 g/mol. The SMILES string of the molecule is C=CC(C)C/C=C(/F)CF. The van der Waals surface area contributed by atoms with Gasteiger partial charge in [0.1, 0.15) is 12.5 Å². The van der Waals surface area contributed by atoms with Gasteiger partial charge in [0.2, 0.25) is 0 Å². The standard InChI is InChI=1S/C8H12F2/c1-3-7(2)4-5-8(10)6-9/h3,5,7H,1,4,6H2,2H3/b8-5+. The van der Waals surface area contributed by atoms with Crippen LogP contribution in [0.25, 0.3) is 0 Å². The zero-order chi connectivity index (χ0) is 7.98. The Balaban J connectivity index is 3.60. The Kier molecular flexibility index (Phi) is 4.81. The first-order valence-electron chi connectivity index (χ1n) is 3.23. The summed E-state index contributed by atoms with van der Waals surface area (Å²) < 4.78 is 23.6. The molecule has 0 saturated carbocycles. The van der Waals surface area contributed by atoms with E-state index < -0.39 is 12.5 Å². The van der Waals surface area contributed by atoms with E-state index in [0.717, 1.165) is 0 Å². The van der Waals surface area contributed by atoms with E-state index in [4.69, 9.17) is 0 Å². The Bertz CT molecular complexity index is 127. The molecule has 0 amide bonds. The molecule has 1 unspecified atom stereocenters. The van der Waals surface area contributed by atoms with Crippen molar-refractivity contribution in [1.29, 1.82) is 0 Å². The Labute approximate surface area is 60.2 Å². The molecule has 0 aromatic heterocycles. The van der Waals surface area contributed by atoms with Crippen molar-refractivity contribution in [2.45, 2.75) is 13.3 Å². The molecular weight excluding hydrogens is 134 g/mol. The van der Waals surface area contributed by atoms with Crippen LogP contribution in [0.1, 0.15) is 13.3 Å². The Morgan fingerprint density at radius 2 is 2.30 bits per heavy atom. The molecule has 1 atom stereocenters. The Hall–Kier alpha value is -0.660. The van der Waals surface area contributed by atoms with Crippen LogP contribution in [-0.4, -0.2) is 6.67 Å². The van der Waals surface area contributed by atoms with Crippen molar-refractivity contribution >= 4 is 0 Å². The molecule has 0 fully saturated rings. The summed E-state index contributed by atoms with van der Waals surface area (Å²) in [6.07, 6.45) is 3.49. The summed E-state index contributed by atoms with van der Waals surface area (Å²) in [5, 5.41) is 0. The molecule has 0 bridgehead atoms. The highest BCUT2D eigenvalue weighted by molar-refractivity contribution is 4.94. The van der Waals surface area contributed by atoms with Gasteiger partial charge in [-0.05, 0) is 18.4 Å². The Morgan fingerprint density at radius 3 is 2.70 bits per heavy atom. The van der Waals surface area contributed by atoms with Crippen LogP contribution < -0.4 is 0 Å². The summed E-state index contributed by atoms with van der Waals surface area (Å²) in [6, 6.07) is 0. The molecule has 0 aliphatic carbocycles. The summed E-state index contributed by atoms with van der Waals surface area (Å²) in [6.45, 7) is 4.42. The minimum absolute atomic E-state index is 0.220. The first-order valence-corrected chi connectivity index (χ1v) is 3.23. The van der Waals surface area contributed by atoms with Gasteiger partial charge in [-0.1, -0.05) is 13.0 Å². The van der Waals surface area contributed by atoms with Crippen molar-refractivity contribution in [3.63, 3.8) is 0 Å². The van der Waals surface area contributed by atoms with Crippen molar-refractivity contribution in [3.05, 3.63) is 24.6 Å². The van der Waals surface area contributed by atoms with Crippen molar-refractivity contribution in [3.8, 4) is 0 Å². The minimum atomic E-state index is -0.996. The summed E-state index contributed by atoms with van der Waals surface area (Å²) in [7, 11) is 0. The topological polar surface area (TPSA) is 0 Å². The number of hydrogen-bond acceptors (Lipinski definition) is 0. The molecule has 0 nitrogen and oxygen atoms in total. The molecule has 0 saturated heterocycles. The van der Waals surface area contributed by atoms with E-state index in [1.54, 1.807) is 6.08 Å². The van der Waals surface area contributed by atoms with Crippen molar-refractivity contribution in [2.24, 2.45) is 5.92 Å². The van der Waals surface area contributed by atoms with Gasteiger partial charge in [-0.3, -0.25) is 0 Å². The number of hydrogen-bond donors (Lipinski definition) is 0. The third-order valence-electron chi connectivity index (χ3n) is 1.24. The minimum Gasteiger partial charge on any atom is -0.243 e. The fourth-order valence-electron chi connectivity index (χ4n) is 0.465. The second kappa shape index (κ2) is 5.15. The molecule has 0 aliphatic heterocycles. The van der Waals surface area contributed by atoms with Crippen molar-refractivity contribution < 1.29 is 8.78 Å². The second-order valence-corrected chi connectivity index (χ2v) is 2.23. The largest absolute Gasteiger partial charge is 0.243 e. The molecule has 0 rings (SSSR count). The maximum Gasteiger partial charge on any atom is 0.141 e. The van der Waals surface area contributed by atoms with E-state index in [9.17, 15) is 8.78 Å². The van der Waals surface area contributed by atoms with Crippen LogP contribution in [0.5, 0.6) is 0 Å². The lowest BCUT2D eigenvalue weighted by molar-refractivity contribution is 0.455. The molecule has 0 N–H and O–H groups in total. The van der Waals surface area contributed by atoms with Crippen molar-refractivity contribution in [2.75, 3.05) is 6.67 Å². The van der Waals surface area contributed by atoms with Crippen LogP contribution in [0.4, 0.5) is 8.78 Å². The van der Waals surface area contributed by atoms with Crippen LogP contribution in [-0.2, 0) is 0 Å². The maximum absolute atomic E-state index is 12.1. The van der Waals surface area contributed by atoms with E-state index in [1.165, 1.54) is 6.08 Å². The van der Waals surface area contributed by atoms with E-state index in [2.05, 4.69) is 6.58 Å². The predicted octanol–water partition coefficient (Wildman–Crippen LogP) is 3.02. The second-order valence-electron chi connectivity index (χ2n) is 2.23. The summed E-state index contributed by atoms with van der Waals surface area (Å²) in [5.74, 6) is -0.467. The zero-order valence-electron chi connectivity index (χ0n) is 6.11. The van der Waals surface area contributed by atoms with Crippen molar-refractivity contribution in [1.82, 2.24) is 0 Å². The number of rotatable bonds is 4. The lowest BCUT2D eigenvalue weighted by Gasteiger charge is -1.98. The van der Waals surface area contributed by atoms with Gasteiger partial charge in [-0.2, -0.15) is 0 Å². The van der Waals surface area contributed by atoms with Crippen LogP contribution in [0.15, 0.2) is 24.6 Å². The highest BCUT2D eigenvalue weighted by Gasteiger charge is 1.95. The fourth-order valence-corrected chi connectivity index (χ4v) is 0.465. The van der Waals surface area contributed by atoms with Crippen LogP contribution in [0.2, 0.25) is 0 Å². The summed E-state index contributed by atoms with van der Waals surface area (Å²) >= 11 is 0. The molecule has 2 heteroatoms. The average molecular weight is 146 g/mol. The third-order valence-corrected chi connectivity index (χ3v) is 1.24. The van der Waals surface area contributed by atoms with Gasteiger partial charge >= 0.3 is 0 Å². The number of allylic oxidation sites excluding steroid dienone is 3. The van der Waals surface area contributed by atoms with Crippen LogP contribution in [0.3, 0.4) is 0 Å². The van der Waals surface area contributed by atoms with Gasteiger partial charge in [-0.15, -0.1) is 6.58 Å². The lowest BCUT2D eigenvalue weighted by Crippen LogP contribution is -1.86. The van der Waals surface area contributed by atoms with E-state index in [1.807, 2.05) is 6.92 Å². The fraction of sp³-hybridized carbons (Fsp3) is 0.500. The first-order chi connectivity index (χ1) is 4.70. The van der Waals surface area contributed by atoms with E-state index in [-0.39, 0.29) is 5.92 Å². The highest BCUT2D eigenvalue weighted by Crippen LogP contribution is 2.07. The van der Waals surface area contributed by atoms with Gasteiger partial charge in [0.25, 0.3) is 0 Å².